The van der Waals surface area contributed by atoms with Crippen molar-refractivity contribution < 1.29 is 4.39 Å². The van der Waals surface area contributed by atoms with Crippen LogP contribution in [0.2, 0.25) is 0 Å². The molecule has 1 heteroatoms. The lowest BCUT2D eigenvalue weighted by atomic mass is 10.1. The molecule has 0 aromatic rings. The average Bonchev–Trinajstić information content (AvgIpc) is 1.89. The zero-order chi connectivity index (χ0) is 6.69. The molecule has 0 nitrogen and oxygen atoms in total. The van der Waals surface area contributed by atoms with E-state index in [-0.39, 0.29) is 5.83 Å². The fourth-order valence-electron chi connectivity index (χ4n) is 0.845. The van der Waals surface area contributed by atoms with Gasteiger partial charge in [0.2, 0.25) is 0 Å². The van der Waals surface area contributed by atoms with Crippen molar-refractivity contribution in [3.63, 3.8) is 0 Å². The highest BCUT2D eigenvalue weighted by Gasteiger charge is 2.02. The summed E-state index contributed by atoms with van der Waals surface area (Å²) in [4.78, 5) is 0. The van der Waals surface area contributed by atoms with Crippen LogP contribution < -0.4 is 0 Å². The molecule has 0 N–H and O–H groups in total. The Morgan fingerprint density at radius 3 is 2.56 bits per heavy atom. The van der Waals surface area contributed by atoms with Crippen molar-refractivity contribution >= 4 is 0 Å². The standard InChI is InChI=1S/C8H9F/c1-2-7-5-3-4-6-8(7)9/h2,5-6H,1,3-4H2. The minimum absolute atomic E-state index is 0.128. The number of halogens is 1. The molecule has 0 saturated heterocycles. The molecule has 0 aliphatic heterocycles. The van der Waals surface area contributed by atoms with Crippen LogP contribution in [0.25, 0.3) is 0 Å². The van der Waals surface area contributed by atoms with Gasteiger partial charge in [-0.05, 0) is 18.9 Å². The lowest BCUT2D eigenvalue weighted by Gasteiger charge is -2.02. The quantitative estimate of drug-likeness (QED) is 0.504. The van der Waals surface area contributed by atoms with Gasteiger partial charge >= 0.3 is 0 Å². The molecule has 0 saturated carbocycles. The van der Waals surface area contributed by atoms with Gasteiger partial charge < -0.3 is 0 Å². The van der Waals surface area contributed by atoms with E-state index in [4.69, 9.17) is 0 Å². The lowest BCUT2D eigenvalue weighted by Crippen LogP contribution is -1.85. The van der Waals surface area contributed by atoms with Gasteiger partial charge in [0, 0.05) is 5.57 Å². The predicted molar refractivity (Wildman–Crippen MR) is 36.7 cm³/mol. The Morgan fingerprint density at radius 1 is 1.44 bits per heavy atom. The highest BCUT2D eigenvalue weighted by atomic mass is 19.1. The minimum Gasteiger partial charge on any atom is -0.207 e. The molecular formula is C8H9F. The van der Waals surface area contributed by atoms with Crippen LogP contribution in [-0.2, 0) is 0 Å². The highest BCUT2D eigenvalue weighted by Crippen LogP contribution is 2.19. The summed E-state index contributed by atoms with van der Waals surface area (Å²) in [5, 5.41) is 0. The molecule has 0 aromatic carbocycles. The highest BCUT2D eigenvalue weighted by molar-refractivity contribution is 5.36. The van der Waals surface area contributed by atoms with E-state index in [0.29, 0.717) is 5.57 Å². The Morgan fingerprint density at radius 2 is 2.11 bits per heavy atom. The summed E-state index contributed by atoms with van der Waals surface area (Å²) < 4.78 is 12.6. The molecule has 1 rings (SSSR count). The first-order valence-electron chi connectivity index (χ1n) is 3.03. The molecule has 0 radical (unpaired) electrons. The Hall–Kier alpha value is -0.850. The van der Waals surface area contributed by atoms with E-state index >= 15 is 0 Å². The van der Waals surface area contributed by atoms with Crippen LogP contribution in [0.15, 0.2) is 36.2 Å². The van der Waals surface area contributed by atoms with Crippen molar-refractivity contribution in [2.45, 2.75) is 12.8 Å². The topological polar surface area (TPSA) is 0 Å². The van der Waals surface area contributed by atoms with Crippen LogP contribution in [0.4, 0.5) is 4.39 Å². The third-order valence-electron chi connectivity index (χ3n) is 1.35. The van der Waals surface area contributed by atoms with Gasteiger partial charge in [-0.25, -0.2) is 4.39 Å². The number of hydrogen-bond donors (Lipinski definition) is 0. The van der Waals surface area contributed by atoms with E-state index in [1.807, 2.05) is 6.08 Å². The summed E-state index contributed by atoms with van der Waals surface area (Å²) >= 11 is 0. The van der Waals surface area contributed by atoms with E-state index in [1.54, 1.807) is 12.2 Å². The van der Waals surface area contributed by atoms with E-state index in [1.165, 1.54) is 0 Å². The van der Waals surface area contributed by atoms with Crippen LogP contribution in [0.3, 0.4) is 0 Å². The molecule has 0 aromatic heterocycles. The van der Waals surface area contributed by atoms with Crippen molar-refractivity contribution in [2.75, 3.05) is 0 Å². The van der Waals surface area contributed by atoms with Gasteiger partial charge in [-0.1, -0.05) is 18.7 Å². The van der Waals surface area contributed by atoms with Crippen molar-refractivity contribution in [2.24, 2.45) is 0 Å². The van der Waals surface area contributed by atoms with Gasteiger partial charge in [0.05, 0.1) is 0 Å². The van der Waals surface area contributed by atoms with Gasteiger partial charge in [0.15, 0.2) is 0 Å². The Kier molecular flexibility index (Phi) is 1.83. The smallest absolute Gasteiger partial charge is 0.126 e. The normalized spacial score (nSPS) is 18.3. The maximum Gasteiger partial charge on any atom is 0.126 e. The van der Waals surface area contributed by atoms with Gasteiger partial charge in [-0.15, -0.1) is 0 Å². The molecule has 1 aliphatic rings. The Balaban J connectivity index is 2.79. The fraction of sp³-hybridized carbons (Fsp3) is 0.250. The molecule has 0 bridgehead atoms. The van der Waals surface area contributed by atoms with E-state index in [2.05, 4.69) is 6.58 Å². The third-order valence-corrected chi connectivity index (χ3v) is 1.35. The largest absolute Gasteiger partial charge is 0.207 e. The van der Waals surface area contributed by atoms with Crippen LogP contribution in [0, 0.1) is 0 Å². The van der Waals surface area contributed by atoms with E-state index < -0.39 is 0 Å². The summed E-state index contributed by atoms with van der Waals surface area (Å²) in [7, 11) is 0. The second-order valence-electron chi connectivity index (χ2n) is 1.99. The average molecular weight is 124 g/mol. The van der Waals surface area contributed by atoms with Crippen molar-refractivity contribution in [3.05, 3.63) is 36.2 Å². The molecule has 1 aliphatic carbocycles. The summed E-state index contributed by atoms with van der Waals surface area (Å²) in [6.45, 7) is 3.49. The van der Waals surface area contributed by atoms with Crippen molar-refractivity contribution in [3.8, 4) is 0 Å². The molecule has 0 fully saturated rings. The zero-order valence-corrected chi connectivity index (χ0v) is 5.23. The summed E-state index contributed by atoms with van der Waals surface area (Å²) in [5.74, 6) is -0.128. The fourth-order valence-corrected chi connectivity index (χ4v) is 0.845. The number of rotatable bonds is 1. The SMILES string of the molecule is C=CC1=CCCC=C1F. The molecule has 0 atom stereocenters. The maximum atomic E-state index is 12.6. The molecule has 0 spiro atoms. The first kappa shape index (κ1) is 6.27. The summed E-state index contributed by atoms with van der Waals surface area (Å²) in [6.07, 6.45) is 6.77. The molecule has 0 heterocycles. The number of hydrogen-bond acceptors (Lipinski definition) is 0. The van der Waals surface area contributed by atoms with E-state index in [0.717, 1.165) is 12.8 Å². The molecule has 0 amide bonds. The first-order chi connectivity index (χ1) is 4.34. The Labute approximate surface area is 54.4 Å². The van der Waals surface area contributed by atoms with Crippen molar-refractivity contribution in [1.29, 1.82) is 0 Å². The monoisotopic (exact) mass is 124 g/mol. The zero-order valence-electron chi connectivity index (χ0n) is 5.23. The minimum atomic E-state index is -0.128. The third kappa shape index (κ3) is 1.28. The molecular weight excluding hydrogens is 115 g/mol. The predicted octanol–water partition coefficient (Wildman–Crippen LogP) is 2.75. The molecule has 0 unspecified atom stereocenters. The van der Waals surface area contributed by atoms with Crippen LogP contribution >= 0.6 is 0 Å². The van der Waals surface area contributed by atoms with Crippen LogP contribution in [-0.4, -0.2) is 0 Å². The van der Waals surface area contributed by atoms with Gasteiger partial charge in [-0.2, -0.15) is 0 Å². The van der Waals surface area contributed by atoms with Gasteiger partial charge in [-0.3, -0.25) is 0 Å². The number of allylic oxidation sites excluding steroid dienone is 5. The van der Waals surface area contributed by atoms with Gasteiger partial charge in [0.1, 0.15) is 5.83 Å². The van der Waals surface area contributed by atoms with Crippen LogP contribution in [0.5, 0.6) is 0 Å². The first-order valence-corrected chi connectivity index (χ1v) is 3.03. The molecule has 9 heavy (non-hydrogen) atoms. The second-order valence-corrected chi connectivity index (χ2v) is 1.99. The molecule has 48 valence electrons. The van der Waals surface area contributed by atoms with Gasteiger partial charge in [0.25, 0.3) is 0 Å². The summed E-state index contributed by atoms with van der Waals surface area (Å²) in [5.41, 5.74) is 0.640. The lowest BCUT2D eigenvalue weighted by molar-refractivity contribution is 0.641. The Bertz CT molecular complexity index is 175. The van der Waals surface area contributed by atoms with Crippen LogP contribution in [0.1, 0.15) is 12.8 Å². The summed E-state index contributed by atoms with van der Waals surface area (Å²) in [6, 6.07) is 0. The second kappa shape index (κ2) is 2.62. The van der Waals surface area contributed by atoms with Crippen molar-refractivity contribution in [1.82, 2.24) is 0 Å². The van der Waals surface area contributed by atoms with E-state index in [9.17, 15) is 4.39 Å². The maximum absolute atomic E-state index is 12.6.